The van der Waals surface area contributed by atoms with Crippen molar-refractivity contribution in [1.82, 2.24) is 24.9 Å². The lowest BCUT2D eigenvalue weighted by Gasteiger charge is -2.10. The van der Waals surface area contributed by atoms with Gasteiger partial charge in [0.1, 0.15) is 11.6 Å². The Balaban J connectivity index is 1.43. The summed E-state index contributed by atoms with van der Waals surface area (Å²) in [4.78, 5) is 16.7. The topological polar surface area (TPSA) is 108 Å². The predicted molar refractivity (Wildman–Crippen MR) is 117 cm³/mol. The summed E-state index contributed by atoms with van der Waals surface area (Å²) in [5, 5.41) is 15.5. The van der Waals surface area contributed by atoms with Gasteiger partial charge in [-0.3, -0.25) is 4.79 Å². The molecule has 0 radical (unpaired) electrons. The smallest absolute Gasteiger partial charge is 0.296 e. The molecular formula is C21H19FN6O3S. The first-order valence-corrected chi connectivity index (χ1v) is 10.5. The number of nitrogens with one attached hydrogen (secondary N) is 1. The number of nitrogens with zero attached hydrogens (tertiary/aromatic N) is 5. The van der Waals surface area contributed by atoms with Crippen LogP contribution >= 0.6 is 11.8 Å². The summed E-state index contributed by atoms with van der Waals surface area (Å²) in [6.07, 6.45) is 0. The number of aryl methyl sites for hydroxylation is 1. The minimum Gasteiger partial charge on any atom is -0.495 e. The quantitative estimate of drug-likeness (QED) is 0.421. The third kappa shape index (κ3) is 4.62. The molecule has 0 atom stereocenters. The molecule has 0 unspecified atom stereocenters. The number of ether oxygens (including phenoxy) is 1. The Labute approximate surface area is 187 Å². The summed E-state index contributed by atoms with van der Waals surface area (Å²) in [7, 11) is 3.29. The summed E-state index contributed by atoms with van der Waals surface area (Å²) in [5.74, 6) is 0.978. The van der Waals surface area contributed by atoms with Crippen molar-refractivity contribution in [2.45, 2.75) is 12.1 Å². The van der Waals surface area contributed by atoms with Crippen LogP contribution in [0.25, 0.3) is 23.1 Å². The highest BCUT2D eigenvalue weighted by Crippen LogP contribution is 2.27. The number of hydrogen-bond acceptors (Lipinski definition) is 8. The third-order valence-electron chi connectivity index (χ3n) is 4.52. The van der Waals surface area contributed by atoms with Crippen molar-refractivity contribution in [2.75, 3.05) is 18.2 Å². The monoisotopic (exact) mass is 454 g/mol. The Hall–Kier alpha value is -3.73. The van der Waals surface area contributed by atoms with Crippen LogP contribution in [-0.4, -0.2) is 43.7 Å². The molecule has 1 N–H and O–H groups in total. The molecular weight excluding hydrogens is 435 g/mol. The number of rotatable bonds is 7. The fourth-order valence-corrected chi connectivity index (χ4v) is 3.60. The zero-order chi connectivity index (χ0) is 22.7. The molecule has 2 aromatic carbocycles. The molecule has 0 saturated carbocycles. The van der Waals surface area contributed by atoms with Gasteiger partial charge in [0.05, 0.1) is 18.6 Å². The Kier molecular flexibility index (Phi) is 6.17. The van der Waals surface area contributed by atoms with Gasteiger partial charge < -0.3 is 19.1 Å². The largest absolute Gasteiger partial charge is 0.495 e. The molecule has 1 amide bonds. The number of benzene rings is 2. The molecule has 164 valence electrons. The van der Waals surface area contributed by atoms with Gasteiger partial charge in [-0.2, -0.15) is 4.98 Å². The van der Waals surface area contributed by atoms with Crippen molar-refractivity contribution in [1.29, 1.82) is 0 Å². The van der Waals surface area contributed by atoms with Gasteiger partial charge in [0, 0.05) is 12.6 Å². The van der Waals surface area contributed by atoms with Gasteiger partial charge in [-0.25, -0.2) is 4.39 Å². The second-order valence-electron chi connectivity index (χ2n) is 6.84. The van der Waals surface area contributed by atoms with Gasteiger partial charge in [-0.1, -0.05) is 23.0 Å². The number of aromatic nitrogens is 5. The van der Waals surface area contributed by atoms with Crippen molar-refractivity contribution in [3.05, 3.63) is 53.8 Å². The van der Waals surface area contributed by atoms with Crippen LogP contribution in [0.4, 0.5) is 10.1 Å². The fraction of sp³-hybridized carbons (Fsp3) is 0.190. The third-order valence-corrected chi connectivity index (χ3v) is 5.54. The molecule has 32 heavy (non-hydrogen) atoms. The first-order chi connectivity index (χ1) is 15.4. The van der Waals surface area contributed by atoms with E-state index in [-0.39, 0.29) is 23.4 Å². The van der Waals surface area contributed by atoms with Crippen molar-refractivity contribution in [3.8, 4) is 28.9 Å². The lowest BCUT2D eigenvalue weighted by atomic mass is 10.2. The number of anilines is 1. The molecule has 0 aliphatic rings. The van der Waals surface area contributed by atoms with E-state index in [9.17, 15) is 9.18 Å². The molecule has 9 nitrogen and oxygen atoms in total. The normalized spacial score (nSPS) is 10.9. The highest BCUT2D eigenvalue weighted by atomic mass is 32.2. The molecule has 0 aliphatic carbocycles. The van der Waals surface area contributed by atoms with Gasteiger partial charge in [0.2, 0.25) is 17.6 Å². The Bertz CT molecular complexity index is 1250. The summed E-state index contributed by atoms with van der Waals surface area (Å²) in [6, 6.07) is 11.3. The van der Waals surface area contributed by atoms with Crippen molar-refractivity contribution in [2.24, 2.45) is 7.05 Å². The number of thioether (sulfide) groups is 1. The Morgan fingerprint density at radius 1 is 1.22 bits per heavy atom. The Morgan fingerprint density at radius 2 is 2.00 bits per heavy atom. The summed E-state index contributed by atoms with van der Waals surface area (Å²) in [6.45, 7) is 1.93. The van der Waals surface area contributed by atoms with Crippen molar-refractivity contribution < 1.29 is 18.4 Å². The molecule has 4 aromatic rings. The summed E-state index contributed by atoms with van der Waals surface area (Å²) >= 11 is 1.22. The average Bonchev–Trinajstić information content (AvgIpc) is 3.40. The van der Waals surface area contributed by atoms with E-state index in [2.05, 4.69) is 25.7 Å². The minimum absolute atomic E-state index is 0.119. The van der Waals surface area contributed by atoms with Crippen LogP contribution in [0, 0.1) is 12.7 Å². The molecule has 0 saturated heterocycles. The maximum absolute atomic E-state index is 13.1. The number of hydrogen-bond donors (Lipinski definition) is 1. The lowest BCUT2D eigenvalue weighted by molar-refractivity contribution is -0.113. The number of amides is 1. The van der Waals surface area contributed by atoms with Crippen LogP contribution in [0.1, 0.15) is 5.56 Å². The van der Waals surface area contributed by atoms with Crippen molar-refractivity contribution >= 4 is 23.4 Å². The van der Waals surface area contributed by atoms with E-state index in [0.29, 0.717) is 33.8 Å². The molecule has 2 heterocycles. The highest BCUT2D eigenvalue weighted by Gasteiger charge is 2.19. The van der Waals surface area contributed by atoms with E-state index in [1.165, 1.54) is 23.9 Å². The lowest BCUT2D eigenvalue weighted by Crippen LogP contribution is -2.15. The van der Waals surface area contributed by atoms with E-state index in [0.717, 1.165) is 5.56 Å². The molecule has 0 spiro atoms. The summed E-state index contributed by atoms with van der Waals surface area (Å²) < 4.78 is 25.3. The highest BCUT2D eigenvalue weighted by molar-refractivity contribution is 7.99. The first kappa shape index (κ1) is 21.5. The molecule has 0 bridgehead atoms. The second-order valence-corrected chi connectivity index (χ2v) is 7.78. The van der Waals surface area contributed by atoms with Crippen LogP contribution in [0.5, 0.6) is 5.75 Å². The standard InChI is InChI=1S/C21H19FN6O3S/c1-12-4-9-16(30-3)15(10-12)23-17(29)11-32-21-26-25-19(28(21)2)20-24-18(27-31-20)13-5-7-14(22)8-6-13/h4-10H,11H2,1-3H3,(H,23,29). The summed E-state index contributed by atoms with van der Waals surface area (Å²) in [5.41, 5.74) is 2.23. The van der Waals surface area contributed by atoms with Crippen LogP contribution in [0.2, 0.25) is 0 Å². The van der Waals surface area contributed by atoms with Crippen LogP contribution in [0.3, 0.4) is 0 Å². The van der Waals surface area contributed by atoms with E-state index in [4.69, 9.17) is 9.26 Å². The van der Waals surface area contributed by atoms with Crippen LogP contribution in [-0.2, 0) is 11.8 Å². The van der Waals surface area contributed by atoms with E-state index in [1.54, 1.807) is 36.9 Å². The number of halogens is 1. The van der Waals surface area contributed by atoms with Crippen molar-refractivity contribution in [3.63, 3.8) is 0 Å². The SMILES string of the molecule is COc1ccc(C)cc1NC(=O)CSc1nnc(-c2nc(-c3ccc(F)cc3)no2)n1C. The first-order valence-electron chi connectivity index (χ1n) is 9.51. The zero-order valence-electron chi connectivity index (χ0n) is 17.5. The molecule has 4 rings (SSSR count). The van der Waals surface area contributed by atoms with Gasteiger partial charge in [0.25, 0.3) is 5.89 Å². The number of carbonyl (C=O) groups is 1. The predicted octanol–water partition coefficient (Wildman–Crippen LogP) is 3.72. The van der Waals surface area contributed by atoms with E-state index in [1.807, 2.05) is 19.1 Å². The zero-order valence-corrected chi connectivity index (χ0v) is 18.3. The fourth-order valence-electron chi connectivity index (χ4n) is 2.89. The number of carbonyl (C=O) groups excluding carboxylic acids is 1. The molecule has 2 aromatic heterocycles. The van der Waals surface area contributed by atoms with Crippen LogP contribution in [0.15, 0.2) is 52.1 Å². The van der Waals surface area contributed by atoms with Gasteiger partial charge >= 0.3 is 0 Å². The minimum atomic E-state index is -0.350. The Morgan fingerprint density at radius 3 is 2.75 bits per heavy atom. The van der Waals surface area contributed by atoms with Gasteiger partial charge in [-0.05, 0) is 48.9 Å². The van der Waals surface area contributed by atoms with E-state index >= 15 is 0 Å². The maximum Gasteiger partial charge on any atom is 0.296 e. The second kappa shape index (κ2) is 9.18. The molecule has 0 fully saturated rings. The average molecular weight is 454 g/mol. The maximum atomic E-state index is 13.1. The number of methoxy groups -OCH3 is 1. The van der Waals surface area contributed by atoms with Gasteiger partial charge in [-0.15, -0.1) is 10.2 Å². The molecule has 11 heteroatoms. The van der Waals surface area contributed by atoms with Gasteiger partial charge in [0.15, 0.2) is 5.16 Å². The molecule has 0 aliphatic heterocycles. The van der Waals surface area contributed by atoms with Crippen LogP contribution < -0.4 is 10.1 Å². The van der Waals surface area contributed by atoms with E-state index < -0.39 is 0 Å².